The van der Waals surface area contributed by atoms with E-state index in [1.54, 1.807) is 0 Å². The number of rotatable bonds is 12. The van der Waals surface area contributed by atoms with Crippen LogP contribution in [0.25, 0.3) is 0 Å². The van der Waals surface area contributed by atoms with Gasteiger partial charge in [0.2, 0.25) is 10.0 Å². The molecule has 1 aliphatic carbocycles. The molecule has 12 rings (SSSR count). The van der Waals surface area contributed by atoms with Gasteiger partial charge in [0.15, 0.2) is 0 Å². The predicted octanol–water partition coefficient (Wildman–Crippen LogP) is 21.1. The minimum atomic E-state index is -5.44. The van der Waals surface area contributed by atoms with Crippen LogP contribution in [0, 0.1) is 138 Å². The molecule has 1 fully saturated rings. The first-order chi connectivity index (χ1) is 45.9. The van der Waals surface area contributed by atoms with E-state index in [2.05, 4.69) is 327 Å². The molecule has 97 heavy (non-hydrogen) atoms. The lowest BCUT2D eigenvalue weighted by molar-refractivity contribution is -0.122. The molecule has 10 aromatic rings. The van der Waals surface area contributed by atoms with Gasteiger partial charge in [-0.2, -0.15) is 0 Å². The molecule has 5 heteroatoms. The van der Waals surface area contributed by atoms with Gasteiger partial charge in [-0.15, -0.1) is 0 Å². The van der Waals surface area contributed by atoms with Gasteiger partial charge in [-0.25, -0.2) is 12.7 Å². The Morgan fingerprint density at radius 1 is 0.268 bits per heavy atom. The molecule has 0 saturated heterocycles. The number of sulfonamides is 1. The smallest absolute Gasteiger partial charge is 0.259 e. The summed E-state index contributed by atoms with van der Waals surface area (Å²) in [6, 6.07) is 70.1. The first-order valence-corrected chi connectivity index (χ1v) is 36.3. The van der Waals surface area contributed by atoms with Crippen LogP contribution in [0.2, 0.25) is 0 Å². The Balaban J connectivity index is 1.73. The van der Waals surface area contributed by atoms with Gasteiger partial charge in [-0.05, 0) is 312 Å². The molecule has 4 nitrogen and oxygen atoms in total. The zero-order valence-corrected chi connectivity index (χ0v) is 62.3. The van der Waals surface area contributed by atoms with E-state index in [-0.39, 0.29) is 6.54 Å². The number of carbonyl (C=O) groups is 1. The second kappa shape index (κ2) is 24.4. The van der Waals surface area contributed by atoms with Gasteiger partial charge in [0.25, 0.3) is 5.91 Å². The molecule has 0 unspecified atom stereocenters. The van der Waals surface area contributed by atoms with Crippen LogP contribution < -0.4 is 0 Å². The van der Waals surface area contributed by atoms with E-state index in [1.807, 2.05) is 6.08 Å². The Morgan fingerprint density at radius 2 is 0.464 bits per heavy atom. The van der Waals surface area contributed by atoms with Gasteiger partial charge < -0.3 is 0 Å². The third kappa shape index (κ3) is 9.32. The highest BCUT2D eigenvalue weighted by Gasteiger charge is 2.93. The Kier molecular flexibility index (Phi) is 17.2. The van der Waals surface area contributed by atoms with Crippen molar-refractivity contribution in [2.45, 2.75) is 184 Å². The number of carbonyl (C=O) groups excluding carboxylic acids is 1. The van der Waals surface area contributed by atoms with Crippen molar-refractivity contribution in [1.82, 2.24) is 4.31 Å². The number of nitrogens with zero attached hydrogens (tertiary/aromatic N) is 1. The summed E-state index contributed by atoms with van der Waals surface area (Å²) in [5.41, 5.74) is 21.0. The minimum Gasteiger partial charge on any atom is -0.269 e. The minimum absolute atomic E-state index is 0.0922. The molecule has 0 radical (unpaired) electrons. The lowest BCUT2D eigenvalue weighted by atomic mass is 9.20. The summed E-state index contributed by atoms with van der Waals surface area (Å²) in [4.78, 5) is 16.6. The summed E-state index contributed by atoms with van der Waals surface area (Å²) in [5, 5.41) is 0. The molecular weight excluding hydrogens is 1200 g/mol. The van der Waals surface area contributed by atoms with Crippen molar-refractivity contribution in [2.75, 3.05) is 6.54 Å². The Labute approximate surface area is 581 Å². The SMILES string of the molecule is Cc1ccc(C2(C)C(c3ccc(C)c(C)c3)(c3ccc(C)c(C)c3)C(c3ccc(C)c(C)c3)(c3ccc(C)c(C)c3)C(c3ccc(C)c(C)c3)(S(=O)(=O)N3CCC=CC3=O)C(c3ccc(C)c(C)c3)(c3ccc(C)c(C)c3)C2(c2ccc(C)c(C)c2)c2ccc(C)c(C)c2)cc1C. The Bertz CT molecular complexity index is 4600. The zero-order chi connectivity index (χ0) is 70.0. The molecule has 1 heterocycles. The summed E-state index contributed by atoms with van der Waals surface area (Å²) >= 11 is 0. The normalized spacial score (nSPS) is 18.7. The molecule has 10 aromatic carbocycles. The van der Waals surface area contributed by atoms with Crippen LogP contribution in [0.4, 0.5) is 0 Å². The van der Waals surface area contributed by atoms with E-state index < -0.39 is 47.8 Å². The van der Waals surface area contributed by atoms with Crippen LogP contribution in [-0.4, -0.2) is 25.2 Å². The standard InChI is InChI=1S/C92H99NO3S/c1-56-25-35-76(46-66(56)11)87(21)88(77-36-26-57(2)67(12)47-77,78-37-27-58(3)68(13)48-78)90(81-40-30-61(6)71(16)51-81,82-41-31-62(7)72(17)52-82)92(85-44-34-65(10)75(20)55-85,97(95,96)93-45-23-22-24-86(93)94)91(83-42-32-63(8)73(18)53-83,84-43-33-64(9)74(19)54-84)89(87,79-38-28-59(4)69(14)49-79)80-39-29-60(5)70(15)50-80/h22,24-44,46-55H,23,45H2,1-21H3. The van der Waals surface area contributed by atoms with E-state index in [0.717, 1.165) is 161 Å². The summed E-state index contributed by atoms with van der Waals surface area (Å²) in [6.45, 7) is 46.5. The van der Waals surface area contributed by atoms with Crippen LogP contribution in [0.1, 0.15) is 180 Å². The first kappa shape index (κ1) is 68.3. The maximum atomic E-state index is 20.7. The number of benzene rings is 10. The van der Waals surface area contributed by atoms with Gasteiger partial charge in [0.1, 0.15) is 4.75 Å². The number of hydrogen-bond donors (Lipinski definition) is 0. The fourth-order valence-corrected chi connectivity index (χ4v) is 21.3. The van der Waals surface area contributed by atoms with Crippen molar-refractivity contribution in [3.63, 3.8) is 0 Å². The van der Waals surface area contributed by atoms with E-state index >= 15 is 13.2 Å². The lowest BCUT2D eigenvalue weighted by Gasteiger charge is -2.82. The van der Waals surface area contributed by atoms with Crippen LogP contribution >= 0.6 is 0 Å². The highest BCUT2D eigenvalue weighted by Crippen LogP contribution is 2.86. The summed E-state index contributed by atoms with van der Waals surface area (Å²) in [5.74, 6) is -0.578. The molecule has 0 bridgehead atoms. The molecule has 0 aromatic heterocycles. The Hall–Kier alpha value is -8.64. The molecule has 496 valence electrons. The quantitative estimate of drug-likeness (QED) is 0.122. The van der Waals surface area contributed by atoms with Crippen molar-refractivity contribution in [1.29, 1.82) is 0 Å². The number of hydrogen-bond acceptors (Lipinski definition) is 3. The van der Waals surface area contributed by atoms with Gasteiger partial charge in [-0.3, -0.25) is 4.79 Å². The van der Waals surface area contributed by atoms with E-state index in [0.29, 0.717) is 12.0 Å². The zero-order valence-electron chi connectivity index (χ0n) is 61.5. The van der Waals surface area contributed by atoms with Crippen molar-refractivity contribution in [2.24, 2.45) is 0 Å². The molecular formula is C92H99NO3S. The molecule has 2 aliphatic rings. The lowest BCUT2D eigenvalue weighted by Crippen LogP contribution is -2.89. The largest absolute Gasteiger partial charge is 0.269 e. The van der Waals surface area contributed by atoms with Crippen molar-refractivity contribution < 1.29 is 13.2 Å². The number of aryl methyl sites for hydroxylation is 20. The van der Waals surface area contributed by atoms with Crippen LogP contribution in [0.3, 0.4) is 0 Å². The average Bonchev–Trinajstić information content (AvgIpc) is 0.597. The van der Waals surface area contributed by atoms with E-state index in [4.69, 9.17) is 0 Å². The summed E-state index contributed by atoms with van der Waals surface area (Å²) in [7, 11) is -5.44. The van der Waals surface area contributed by atoms with Crippen molar-refractivity contribution in [3.8, 4) is 0 Å². The molecule has 0 atom stereocenters. The molecule has 1 saturated carbocycles. The maximum absolute atomic E-state index is 20.7. The van der Waals surface area contributed by atoms with Crippen molar-refractivity contribution in [3.05, 3.63) is 361 Å². The molecule has 1 aliphatic heterocycles. The van der Waals surface area contributed by atoms with Crippen LogP contribution in [-0.2, 0) is 46.6 Å². The summed E-state index contributed by atoms with van der Waals surface area (Å²) in [6.07, 6.45) is 3.70. The Morgan fingerprint density at radius 3 is 0.691 bits per heavy atom. The second-order valence-corrected chi connectivity index (χ2v) is 31.9. The van der Waals surface area contributed by atoms with Crippen molar-refractivity contribution >= 4 is 15.9 Å². The third-order valence-electron chi connectivity index (χ3n) is 24.9. The molecule has 0 spiro atoms. The van der Waals surface area contributed by atoms with Crippen LogP contribution in [0.5, 0.6) is 0 Å². The third-order valence-corrected chi connectivity index (χ3v) is 27.4. The maximum Gasteiger partial charge on any atom is 0.259 e. The fraction of sp³-hybridized carbons (Fsp3) is 0.315. The highest BCUT2D eigenvalue weighted by molar-refractivity contribution is 7.90. The number of amides is 1. The topological polar surface area (TPSA) is 54.5 Å². The van der Waals surface area contributed by atoms with Crippen LogP contribution in [0.15, 0.2) is 194 Å². The van der Waals surface area contributed by atoms with Gasteiger partial charge in [-0.1, -0.05) is 195 Å². The molecule has 0 N–H and O–H groups in total. The molecule has 1 amide bonds. The second-order valence-electron chi connectivity index (χ2n) is 29.9. The summed E-state index contributed by atoms with van der Waals surface area (Å²) < 4.78 is 40.3. The first-order valence-electron chi connectivity index (χ1n) is 34.9. The fourth-order valence-electron chi connectivity index (χ4n) is 18.4. The van der Waals surface area contributed by atoms with Gasteiger partial charge >= 0.3 is 0 Å². The van der Waals surface area contributed by atoms with E-state index in [1.165, 1.54) is 10.4 Å². The monoisotopic (exact) mass is 1300 g/mol. The van der Waals surface area contributed by atoms with Gasteiger partial charge in [0, 0.05) is 28.9 Å². The van der Waals surface area contributed by atoms with E-state index in [9.17, 15) is 0 Å². The average molecular weight is 1300 g/mol. The van der Waals surface area contributed by atoms with Gasteiger partial charge in [0.05, 0.1) is 10.8 Å². The highest BCUT2D eigenvalue weighted by atomic mass is 32.2. The predicted molar refractivity (Wildman–Crippen MR) is 406 cm³/mol.